The Balaban J connectivity index is 2.35. The van der Waals surface area contributed by atoms with Crippen molar-refractivity contribution in [1.82, 2.24) is 4.98 Å². The number of thioether (sulfide) groups is 1. The molecule has 0 aromatic carbocycles. The van der Waals surface area contributed by atoms with E-state index in [9.17, 15) is 0 Å². The third-order valence-electron chi connectivity index (χ3n) is 1.84. The van der Waals surface area contributed by atoms with Crippen LogP contribution in [-0.4, -0.2) is 21.9 Å². The number of aliphatic hydroxyl groups is 1. The number of rotatable bonds is 6. The number of aryl methyl sites for hydroxylation is 1. The lowest BCUT2D eigenvalue weighted by Crippen LogP contribution is -2.02. The Bertz CT molecular complexity index is 262. The van der Waals surface area contributed by atoms with Crippen molar-refractivity contribution in [2.45, 2.75) is 37.7 Å². The topological polar surface area (TPSA) is 33.1 Å². The molecule has 1 rings (SSSR count). The molecule has 0 saturated carbocycles. The molecule has 1 aromatic heterocycles. The first-order chi connectivity index (χ1) is 6.76. The molecule has 1 heterocycles. The molecular formula is C10H17NOS2. The van der Waals surface area contributed by atoms with Gasteiger partial charge in [0.25, 0.3) is 0 Å². The van der Waals surface area contributed by atoms with Crippen LogP contribution in [0.25, 0.3) is 0 Å². The molecule has 0 aliphatic heterocycles. The highest BCUT2D eigenvalue weighted by atomic mass is 32.2. The van der Waals surface area contributed by atoms with E-state index < -0.39 is 0 Å². The molecular weight excluding hydrogens is 214 g/mol. The van der Waals surface area contributed by atoms with E-state index in [-0.39, 0.29) is 6.61 Å². The Morgan fingerprint density at radius 2 is 2.43 bits per heavy atom. The Kier molecular flexibility index (Phi) is 5.52. The van der Waals surface area contributed by atoms with Gasteiger partial charge in [0.15, 0.2) is 0 Å². The number of hydrogen-bond donors (Lipinski definition) is 1. The van der Waals surface area contributed by atoms with Crippen LogP contribution in [0.5, 0.6) is 0 Å². The van der Waals surface area contributed by atoms with Crippen molar-refractivity contribution in [3.05, 3.63) is 16.1 Å². The molecule has 14 heavy (non-hydrogen) atoms. The van der Waals surface area contributed by atoms with Crippen LogP contribution in [0.4, 0.5) is 0 Å². The number of aromatic nitrogens is 1. The summed E-state index contributed by atoms with van der Waals surface area (Å²) in [6, 6.07) is 0. The summed E-state index contributed by atoms with van der Waals surface area (Å²) in [4.78, 5) is 4.52. The van der Waals surface area contributed by atoms with Crippen LogP contribution in [0.2, 0.25) is 0 Å². The average Bonchev–Trinajstić information content (AvgIpc) is 2.63. The van der Waals surface area contributed by atoms with Crippen molar-refractivity contribution in [3.8, 4) is 0 Å². The van der Waals surface area contributed by atoms with Gasteiger partial charge in [0.05, 0.1) is 17.3 Å². The Labute approximate surface area is 93.8 Å². The van der Waals surface area contributed by atoms with Crippen LogP contribution in [0.15, 0.2) is 5.38 Å². The van der Waals surface area contributed by atoms with Gasteiger partial charge in [0.1, 0.15) is 0 Å². The van der Waals surface area contributed by atoms with Crippen LogP contribution in [0, 0.1) is 0 Å². The first-order valence-corrected chi connectivity index (χ1v) is 6.84. The predicted molar refractivity (Wildman–Crippen MR) is 64.0 cm³/mol. The number of hydrogen-bond acceptors (Lipinski definition) is 4. The van der Waals surface area contributed by atoms with Gasteiger partial charge in [-0.25, -0.2) is 4.98 Å². The van der Waals surface area contributed by atoms with Gasteiger partial charge in [-0.15, -0.1) is 11.3 Å². The molecule has 0 radical (unpaired) electrons. The van der Waals surface area contributed by atoms with Crippen molar-refractivity contribution in [3.63, 3.8) is 0 Å². The quantitative estimate of drug-likeness (QED) is 0.817. The molecule has 1 atom stereocenters. The summed E-state index contributed by atoms with van der Waals surface area (Å²) in [7, 11) is 0. The van der Waals surface area contributed by atoms with Gasteiger partial charge in [0.2, 0.25) is 0 Å². The fourth-order valence-electron chi connectivity index (χ4n) is 1.02. The Morgan fingerprint density at radius 1 is 1.64 bits per heavy atom. The minimum absolute atomic E-state index is 0.247. The minimum atomic E-state index is 0.247. The predicted octanol–water partition coefficient (Wildman–Crippen LogP) is 2.71. The van der Waals surface area contributed by atoms with Gasteiger partial charge in [0, 0.05) is 16.4 Å². The zero-order valence-electron chi connectivity index (χ0n) is 8.69. The van der Waals surface area contributed by atoms with Crippen LogP contribution >= 0.6 is 23.1 Å². The second-order valence-corrected chi connectivity index (χ2v) is 5.66. The fraction of sp³-hybridized carbons (Fsp3) is 0.700. The number of aliphatic hydroxyl groups excluding tert-OH is 1. The van der Waals surface area contributed by atoms with Gasteiger partial charge < -0.3 is 5.11 Å². The van der Waals surface area contributed by atoms with E-state index in [1.54, 1.807) is 23.1 Å². The van der Waals surface area contributed by atoms with E-state index >= 15 is 0 Å². The van der Waals surface area contributed by atoms with E-state index in [1.165, 1.54) is 5.01 Å². The Morgan fingerprint density at radius 3 is 3.07 bits per heavy atom. The molecule has 2 nitrogen and oxygen atoms in total. The summed E-state index contributed by atoms with van der Waals surface area (Å²) >= 11 is 3.50. The van der Waals surface area contributed by atoms with E-state index in [0.717, 1.165) is 24.3 Å². The molecule has 0 aliphatic carbocycles. The molecule has 1 unspecified atom stereocenters. The van der Waals surface area contributed by atoms with Crippen LogP contribution in [0.1, 0.15) is 31.0 Å². The lowest BCUT2D eigenvalue weighted by Gasteiger charge is -2.04. The molecule has 0 aliphatic rings. The van der Waals surface area contributed by atoms with Gasteiger partial charge in [-0.1, -0.05) is 13.8 Å². The highest BCUT2D eigenvalue weighted by molar-refractivity contribution is 7.99. The summed E-state index contributed by atoms with van der Waals surface area (Å²) in [5, 5.41) is 12.5. The van der Waals surface area contributed by atoms with Crippen LogP contribution in [-0.2, 0) is 12.2 Å². The molecule has 4 heteroatoms. The zero-order valence-corrected chi connectivity index (χ0v) is 10.3. The molecule has 80 valence electrons. The maximum Gasteiger partial charge on any atom is 0.0928 e. The van der Waals surface area contributed by atoms with Gasteiger partial charge in [-0.3, -0.25) is 0 Å². The highest BCUT2D eigenvalue weighted by Gasteiger charge is 2.04. The SMILES string of the molecule is CCCc1nc(CSC(C)CO)cs1. The molecule has 0 spiro atoms. The lowest BCUT2D eigenvalue weighted by molar-refractivity contribution is 0.300. The van der Waals surface area contributed by atoms with Gasteiger partial charge in [-0.2, -0.15) is 11.8 Å². The monoisotopic (exact) mass is 231 g/mol. The first kappa shape index (κ1) is 12.0. The van der Waals surface area contributed by atoms with E-state index in [1.807, 2.05) is 6.92 Å². The van der Waals surface area contributed by atoms with Crippen molar-refractivity contribution >= 4 is 23.1 Å². The second kappa shape index (κ2) is 6.43. The lowest BCUT2D eigenvalue weighted by atomic mass is 10.3. The van der Waals surface area contributed by atoms with E-state index in [0.29, 0.717) is 5.25 Å². The smallest absolute Gasteiger partial charge is 0.0928 e. The average molecular weight is 231 g/mol. The highest BCUT2D eigenvalue weighted by Crippen LogP contribution is 2.19. The minimum Gasteiger partial charge on any atom is -0.395 e. The van der Waals surface area contributed by atoms with Crippen molar-refractivity contribution < 1.29 is 5.11 Å². The number of thiazole rings is 1. The summed E-state index contributed by atoms with van der Waals surface area (Å²) in [6.07, 6.45) is 2.25. The van der Waals surface area contributed by atoms with E-state index in [2.05, 4.69) is 17.3 Å². The largest absolute Gasteiger partial charge is 0.395 e. The van der Waals surface area contributed by atoms with Crippen molar-refractivity contribution in [2.75, 3.05) is 6.61 Å². The fourth-order valence-corrected chi connectivity index (χ4v) is 2.74. The third-order valence-corrected chi connectivity index (χ3v) is 3.97. The molecule has 0 fully saturated rings. The van der Waals surface area contributed by atoms with Gasteiger partial charge in [-0.05, 0) is 12.8 Å². The molecule has 0 saturated heterocycles. The van der Waals surface area contributed by atoms with Crippen LogP contribution in [0.3, 0.4) is 0 Å². The maximum atomic E-state index is 8.86. The molecule has 1 N–H and O–H groups in total. The molecule has 0 bridgehead atoms. The Hall–Kier alpha value is -0.0600. The standard InChI is InChI=1S/C10H17NOS2/c1-3-4-10-11-9(7-14-10)6-13-8(2)5-12/h7-8,12H,3-6H2,1-2H3. The summed E-state index contributed by atoms with van der Waals surface area (Å²) in [6.45, 7) is 4.45. The summed E-state index contributed by atoms with van der Waals surface area (Å²) in [5.41, 5.74) is 1.16. The van der Waals surface area contributed by atoms with E-state index in [4.69, 9.17) is 5.11 Å². The second-order valence-electron chi connectivity index (χ2n) is 3.29. The van der Waals surface area contributed by atoms with Crippen LogP contribution < -0.4 is 0 Å². The zero-order chi connectivity index (χ0) is 10.4. The van der Waals surface area contributed by atoms with Gasteiger partial charge >= 0.3 is 0 Å². The normalized spacial score (nSPS) is 13.1. The molecule has 1 aromatic rings. The molecule has 0 amide bonds. The van der Waals surface area contributed by atoms with Crippen molar-refractivity contribution in [2.24, 2.45) is 0 Å². The van der Waals surface area contributed by atoms with Crippen molar-refractivity contribution in [1.29, 1.82) is 0 Å². The summed E-state index contributed by atoms with van der Waals surface area (Å²) < 4.78 is 0. The maximum absolute atomic E-state index is 8.86. The third kappa shape index (κ3) is 3.98. The number of nitrogens with zero attached hydrogens (tertiary/aromatic N) is 1. The summed E-state index contributed by atoms with van der Waals surface area (Å²) in [5.74, 6) is 0.919. The first-order valence-electron chi connectivity index (χ1n) is 4.92.